The van der Waals surface area contributed by atoms with E-state index < -0.39 is 0 Å². The Balaban J connectivity index is 2.41. The van der Waals surface area contributed by atoms with Gasteiger partial charge >= 0.3 is 5.69 Å². The fraction of sp³-hybridized carbons (Fsp3) is 0.412. The molecule has 1 atom stereocenters. The molecule has 0 aliphatic rings. The van der Waals surface area contributed by atoms with Crippen LogP contribution in [0.1, 0.15) is 33.9 Å². The van der Waals surface area contributed by atoms with Gasteiger partial charge in [0, 0.05) is 18.9 Å². The number of hydrogen-bond acceptors (Lipinski definition) is 3. The van der Waals surface area contributed by atoms with Gasteiger partial charge in [-0.25, -0.2) is 9.78 Å². The minimum Gasteiger partial charge on any atom is -0.312 e. The first-order valence-electron chi connectivity index (χ1n) is 7.20. The maximum atomic E-state index is 11.9. The van der Waals surface area contributed by atoms with E-state index in [0.717, 1.165) is 5.56 Å². The fourth-order valence-corrected chi connectivity index (χ4v) is 2.96. The summed E-state index contributed by atoms with van der Waals surface area (Å²) in [7, 11) is 1.93. The van der Waals surface area contributed by atoms with Gasteiger partial charge in [-0.05, 0) is 57.0 Å². The van der Waals surface area contributed by atoms with E-state index in [9.17, 15) is 4.79 Å². The van der Waals surface area contributed by atoms with Crippen molar-refractivity contribution in [2.45, 2.75) is 40.3 Å². The zero-order valence-electron chi connectivity index (χ0n) is 13.4. The Labute approximate surface area is 125 Å². The third kappa shape index (κ3) is 3.39. The Morgan fingerprint density at radius 1 is 1.14 bits per heavy atom. The maximum Gasteiger partial charge on any atom is 0.347 e. The van der Waals surface area contributed by atoms with Crippen LogP contribution in [0, 0.1) is 27.7 Å². The average Bonchev–Trinajstić information content (AvgIpc) is 2.40. The number of nitrogens with one attached hydrogen (secondary N) is 1. The molecule has 21 heavy (non-hydrogen) atoms. The summed E-state index contributed by atoms with van der Waals surface area (Å²) in [6.07, 6.45) is 3.47. The molecule has 1 N–H and O–H groups in total. The van der Waals surface area contributed by atoms with Crippen molar-refractivity contribution in [2.24, 2.45) is 0 Å². The van der Waals surface area contributed by atoms with Crippen molar-refractivity contribution in [1.29, 1.82) is 0 Å². The van der Waals surface area contributed by atoms with E-state index in [-0.39, 0.29) is 11.7 Å². The molecule has 2 aromatic rings. The normalized spacial score (nSPS) is 12.4. The van der Waals surface area contributed by atoms with Crippen LogP contribution in [0.4, 0.5) is 0 Å². The molecule has 112 valence electrons. The van der Waals surface area contributed by atoms with Gasteiger partial charge in [0.2, 0.25) is 0 Å². The first kappa shape index (κ1) is 15.4. The Morgan fingerprint density at radius 3 is 2.33 bits per heavy atom. The van der Waals surface area contributed by atoms with E-state index in [4.69, 9.17) is 0 Å². The number of benzene rings is 1. The van der Waals surface area contributed by atoms with Crippen molar-refractivity contribution in [3.8, 4) is 0 Å². The quantitative estimate of drug-likeness (QED) is 0.938. The molecule has 0 saturated heterocycles. The molecule has 2 rings (SSSR count). The predicted octanol–water partition coefficient (Wildman–Crippen LogP) is 2.44. The molecule has 0 bridgehead atoms. The van der Waals surface area contributed by atoms with Gasteiger partial charge in [0.15, 0.2) is 0 Å². The van der Waals surface area contributed by atoms with Crippen molar-refractivity contribution < 1.29 is 0 Å². The summed E-state index contributed by atoms with van der Waals surface area (Å²) < 4.78 is 1.68. The summed E-state index contributed by atoms with van der Waals surface area (Å²) in [6, 6.07) is 4.46. The standard InChI is InChI=1S/C17H23N3O/c1-11-6-13(3)16(14(4)7-11)15(18-5)10-20-9-12(2)8-19-17(20)21/h6-9,15,18H,10H2,1-5H3. The summed E-state index contributed by atoms with van der Waals surface area (Å²) >= 11 is 0. The van der Waals surface area contributed by atoms with Crippen molar-refractivity contribution in [3.63, 3.8) is 0 Å². The second-order valence-corrected chi connectivity index (χ2v) is 5.72. The Morgan fingerprint density at radius 2 is 1.76 bits per heavy atom. The third-order valence-corrected chi connectivity index (χ3v) is 3.80. The lowest BCUT2D eigenvalue weighted by Gasteiger charge is -2.22. The lowest BCUT2D eigenvalue weighted by molar-refractivity contribution is 0.480. The van der Waals surface area contributed by atoms with E-state index in [1.165, 1.54) is 22.3 Å². The van der Waals surface area contributed by atoms with Crippen LogP contribution in [0.5, 0.6) is 0 Å². The van der Waals surface area contributed by atoms with E-state index in [1.807, 2.05) is 20.2 Å². The average molecular weight is 285 g/mol. The molecule has 0 saturated carbocycles. The molecule has 0 spiro atoms. The van der Waals surface area contributed by atoms with Gasteiger partial charge in [-0.1, -0.05) is 17.7 Å². The summed E-state index contributed by atoms with van der Waals surface area (Å²) in [6.45, 7) is 8.87. The minimum atomic E-state index is -0.205. The first-order chi connectivity index (χ1) is 9.92. The monoisotopic (exact) mass is 285 g/mol. The van der Waals surface area contributed by atoms with Gasteiger partial charge in [-0.3, -0.25) is 4.57 Å². The smallest absolute Gasteiger partial charge is 0.312 e. The molecule has 4 nitrogen and oxygen atoms in total. The van der Waals surface area contributed by atoms with Gasteiger partial charge < -0.3 is 5.32 Å². The van der Waals surface area contributed by atoms with E-state index in [2.05, 4.69) is 43.2 Å². The molecule has 1 aromatic carbocycles. The highest BCUT2D eigenvalue weighted by molar-refractivity contribution is 5.39. The summed E-state index contributed by atoms with van der Waals surface area (Å²) in [5, 5.41) is 3.33. The van der Waals surface area contributed by atoms with E-state index >= 15 is 0 Å². The number of aryl methyl sites for hydroxylation is 4. The zero-order chi connectivity index (χ0) is 15.6. The maximum absolute atomic E-state index is 11.9. The molecular weight excluding hydrogens is 262 g/mol. The summed E-state index contributed by atoms with van der Waals surface area (Å²) in [5.74, 6) is 0. The molecule has 0 amide bonds. The van der Waals surface area contributed by atoms with Gasteiger partial charge in [-0.2, -0.15) is 0 Å². The summed E-state index contributed by atoms with van der Waals surface area (Å²) in [5.41, 5.74) is 5.81. The van der Waals surface area contributed by atoms with Gasteiger partial charge in [0.25, 0.3) is 0 Å². The topological polar surface area (TPSA) is 46.9 Å². The Hall–Kier alpha value is -1.94. The highest BCUT2D eigenvalue weighted by Crippen LogP contribution is 2.24. The van der Waals surface area contributed by atoms with Crippen LogP contribution < -0.4 is 11.0 Å². The SMILES string of the molecule is CNC(Cn1cc(C)cnc1=O)c1c(C)cc(C)cc1C. The third-order valence-electron chi connectivity index (χ3n) is 3.80. The van der Waals surface area contributed by atoms with Crippen LogP contribution in [0.25, 0.3) is 0 Å². The van der Waals surface area contributed by atoms with Crippen molar-refractivity contribution in [2.75, 3.05) is 7.05 Å². The van der Waals surface area contributed by atoms with Crippen LogP contribution in [-0.4, -0.2) is 16.6 Å². The molecule has 0 aliphatic carbocycles. The van der Waals surface area contributed by atoms with Crippen LogP contribution in [0.15, 0.2) is 29.3 Å². The van der Waals surface area contributed by atoms with Crippen molar-refractivity contribution in [3.05, 3.63) is 62.8 Å². The molecular formula is C17H23N3O. The molecule has 0 radical (unpaired) electrons. The fourth-order valence-electron chi connectivity index (χ4n) is 2.96. The molecule has 0 fully saturated rings. The second-order valence-electron chi connectivity index (χ2n) is 5.72. The Bertz CT molecular complexity index is 680. The minimum absolute atomic E-state index is 0.0897. The van der Waals surface area contributed by atoms with Crippen molar-refractivity contribution in [1.82, 2.24) is 14.9 Å². The molecule has 1 unspecified atom stereocenters. The van der Waals surface area contributed by atoms with E-state index in [1.54, 1.807) is 10.8 Å². The lowest BCUT2D eigenvalue weighted by Crippen LogP contribution is -2.30. The molecule has 1 aromatic heterocycles. The van der Waals surface area contributed by atoms with Crippen LogP contribution in [0.3, 0.4) is 0 Å². The molecule has 0 aliphatic heterocycles. The largest absolute Gasteiger partial charge is 0.347 e. The van der Waals surface area contributed by atoms with Crippen LogP contribution in [-0.2, 0) is 6.54 Å². The van der Waals surface area contributed by atoms with E-state index in [0.29, 0.717) is 6.54 Å². The number of aromatic nitrogens is 2. The highest BCUT2D eigenvalue weighted by atomic mass is 16.1. The lowest BCUT2D eigenvalue weighted by atomic mass is 9.94. The van der Waals surface area contributed by atoms with Gasteiger partial charge in [0.05, 0.1) is 6.04 Å². The van der Waals surface area contributed by atoms with Crippen LogP contribution >= 0.6 is 0 Å². The van der Waals surface area contributed by atoms with Gasteiger partial charge in [0.1, 0.15) is 0 Å². The molecule has 1 heterocycles. The van der Waals surface area contributed by atoms with Gasteiger partial charge in [-0.15, -0.1) is 0 Å². The highest BCUT2D eigenvalue weighted by Gasteiger charge is 2.16. The second kappa shape index (κ2) is 6.22. The number of nitrogens with zero attached hydrogens (tertiary/aromatic N) is 2. The summed E-state index contributed by atoms with van der Waals surface area (Å²) in [4.78, 5) is 15.8. The number of likely N-dealkylation sites (N-methyl/N-ethyl adjacent to an activating group) is 1. The first-order valence-corrected chi connectivity index (χ1v) is 7.20. The number of hydrogen-bond donors (Lipinski definition) is 1. The van der Waals surface area contributed by atoms with Crippen LogP contribution in [0.2, 0.25) is 0 Å². The predicted molar refractivity (Wildman–Crippen MR) is 85.7 cm³/mol. The Kier molecular flexibility index (Phi) is 4.58. The van der Waals surface area contributed by atoms with Crippen molar-refractivity contribution >= 4 is 0 Å². The zero-order valence-corrected chi connectivity index (χ0v) is 13.4. The molecule has 4 heteroatoms. The number of rotatable bonds is 4.